The van der Waals surface area contributed by atoms with Crippen LogP contribution in [0.25, 0.3) is 16.7 Å². The molecule has 34 heavy (non-hydrogen) atoms. The van der Waals surface area contributed by atoms with E-state index in [-0.39, 0.29) is 28.6 Å². The number of aryl methyl sites for hydroxylation is 2. The Hall–Kier alpha value is -3.74. The highest BCUT2D eigenvalue weighted by Crippen LogP contribution is 2.16. The third-order valence-corrected chi connectivity index (χ3v) is 6.26. The van der Waals surface area contributed by atoms with Gasteiger partial charge < -0.3 is 9.88 Å². The molecule has 1 aromatic carbocycles. The van der Waals surface area contributed by atoms with E-state index in [1.54, 1.807) is 10.8 Å². The fourth-order valence-electron chi connectivity index (χ4n) is 4.28. The van der Waals surface area contributed by atoms with Gasteiger partial charge in [-0.3, -0.25) is 19.4 Å². The Morgan fingerprint density at radius 3 is 2.59 bits per heavy atom. The van der Waals surface area contributed by atoms with E-state index in [1.807, 2.05) is 56.3 Å². The molecule has 0 bridgehead atoms. The van der Waals surface area contributed by atoms with Crippen molar-refractivity contribution in [3.63, 3.8) is 0 Å². The fourth-order valence-corrected chi connectivity index (χ4v) is 4.28. The predicted octanol–water partition coefficient (Wildman–Crippen LogP) is 4.51. The normalized spacial score (nSPS) is 12.2. The van der Waals surface area contributed by atoms with Crippen LogP contribution in [0.4, 0.5) is 0 Å². The molecule has 0 fully saturated rings. The maximum atomic E-state index is 13.4. The standard InChI is InChI=1S/C27H31N5O2/c1-4-5-6-10-15-31-23(28)21(26(33)29-19(3)20-13-8-7-9-14-20)17-22-25(31)30-24-18(2)12-11-16-32(24)27(22)34/h7-9,11-14,16-17,19,28H,4-6,10,15H2,1-3H3,(H,29,33). The number of pyridine rings is 2. The number of amides is 1. The van der Waals surface area contributed by atoms with Crippen LogP contribution in [0.15, 0.2) is 59.5 Å². The zero-order valence-electron chi connectivity index (χ0n) is 20.0. The molecule has 3 aromatic heterocycles. The van der Waals surface area contributed by atoms with Crippen LogP contribution in [0.3, 0.4) is 0 Å². The number of carbonyl (C=O) groups excluding carboxylic acids is 1. The number of nitrogens with one attached hydrogen (secondary N) is 2. The van der Waals surface area contributed by atoms with E-state index < -0.39 is 0 Å². The topological polar surface area (TPSA) is 92.2 Å². The second kappa shape index (κ2) is 10.0. The second-order valence-corrected chi connectivity index (χ2v) is 8.76. The van der Waals surface area contributed by atoms with Crippen molar-refractivity contribution in [2.45, 2.75) is 59.0 Å². The molecular formula is C27H31N5O2. The summed E-state index contributed by atoms with van der Waals surface area (Å²) in [6.45, 7) is 6.49. The molecule has 4 rings (SSSR count). The summed E-state index contributed by atoms with van der Waals surface area (Å²) in [4.78, 5) is 31.5. The van der Waals surface area contributed by atoms with Gasteiger partial charge in [-0.05, 0) is 43.5 Å². The number of hydrogen-bond donors (Lipinski definition) is 2. The lowest BCUT2D eigenvalue weighted by molar-refractivity contribution is 0.0937. The average molecular weight is 458 g/mol. The lowest BCUT2D eigenvalue weighted by atomic mass is 10.1. The van der Waals surface area contributed by atoms with Crippen molar-refractivity contribution in [2.24, 2.45) is 0 Å². The van der Waals surface area contributed by atoms with E-state index in [0.29, 0.717) is 23.2 Å². The maximum Gasteiger partial charge on any atom is 0.267 e. The van der Waals surface area contributed by atoms with Crippen LogP contribution >= 0.6 is 0 Å². The van der Waals surface area contributed by atoms with Crippen LogP contribution < -0.4 is 16.4 Å². The molecule has 3 heterocycles. The summed E-state index contributed by atoms with van der Waals surface area (Å²) in [5, 5.41) is 12.2. The summed E-state index contributed by atoms with van der Waals surface area (Å²) in [6, 6.07) is 14.7. The van der Waals surface area contributed by atoms with Gasteiger partial charge in [-0.15, -0.1) is 0 Å². The van der Waals surface area contributed by atoms with E-state index in [2.05, 4.69) is 12.2 Å². The van der Waals surface area contributed by atoms with Gasteiger partial charge in [0, 0.05) is 12.7 Å². The smallest absolute Gasteiger partial charge is 0.267 e. The molecule has 0 radical (unpaired) electrons. The van der Waals surface area contributed by atoms with Crippen molar-refractivity contribution in [1.82, 2.24) is 19.3 Å². The van der Waals surface area contributed by atoms with Gasteiger partial charge in [-0.2, -0.15) is 0 Å². The van der Waals surface area contributed by atoms with Crippen molar-refractivity contribution in [2.75, 3.05) is 0 Å². The molecule has 176 valence electrons. The van der Waals surface area contributed by atoms with Crippen molar-refractivity contribution in [3.8, 4) is 0 Å². The maximum absolute atomic E-state index is 13.4. The zero-order chi connectivity index (χ0) is 24.2. The average Bonchev–Trinajstić information content (AvgIpc) is 2.84. The summed E-state index contributed by atoms with van der Waals surface area (Å²) < 4.78 is 3.23. The van der Waals surface area contributed by atoms with E-state index in [9.17, 15) is 9.59 Å². The van der Waals surface area contributed by atoms with Crippen LogP contribution in [0.1, 0.15) is 67.1 Å². The largest absolute Gasteiger partial charge is 0.345 e. The molecular weight excluding hydrogens is 426 g/mol. The molecule has 4 aromatic rings. The highest BCUT2D eigenvalue weighted by atomic mass is 16.2. The first-order valence-corrected chi connectivity index (χ1v) is 11.9. The van der Waals surface area contributed by atoms with Gasteiger partial charge in [0.2, 0.25) is 0 Å². The van der Waals surface area contributed by atoms with E-state index in [0.717, 1.165) is 36.8 Å². The Morgan fingerprint density at radius 2 is 1.85 bits per heavy atom. The molecule has 7 nitrogen and oxygen atoms in total. The monoisotopic (exact) mass is 457 g/mol. The number of fused-ring (bicyclic) bond motifs is 2. The molecule has 0 spiro atoms. The summed E-state index contributed by atoms with van der Waals surface area (Å²) in [6.07, 6.45) is 5.74. The highest BCUT2D eigenvalue weighted by Gasteiger charge is 2.19. The number of unbranched alkanes of at least 4 members (excludes halogenated alkanes) is 3. The first-order valence-electron chi connectivity index (χ1n) is 11.9. The van der Waals surface area contributed by atoms with Gasteiger partial charge in [-0.25, -0.2) is 4.98 Å². The minimum Gasteiger partial charge on any atom is -0.345 e. The minimum absolute atomic E-state index is 0.0756. The van der Waals surface area contributed by atoms with E-state index in [4.69, 9.17) is 10.4 Å². The van der Waals surface area contributed by atoms with Crippen LogP contribution in [-0.2, 0) is 6.54 Å². The first kappa shape index (κ1) is 23.4. The number of rotatable bonds is 8. The molecule has 1 atom stereocenters. The van der Waals surface area contributed by atoms with Crippen molar-refractivity contribution in [1.29, 1.82) is 5.41 Å². The summed E-state index contributed by atoms with van der Waals surface area (Å²) in [5.74, 6) is -0.376. The Labute approximate surface area is 198 Å². The number of hydrogen-bond acceptors (Lipinski definition) is 4. The molecule has 0 aliphatic carbocycles. The number of benzene rings is 1. The third kappa shape index (κ3) is 4.51. The van der Waals surface area contributed by atoms with Crippen LogP contribution in [-0.4, -0.2) is 19.9 Å². The van der Waals surface area contributed by atoms with Gasteiger partial charge >= 0.3 is 0 Å². The number of nitrogens with zero attached hydrogens (tertiary/aromatic N) is 3. The lowest BCUT2D eigenvalue weighted by Crippen LogP contribution is -2.36. The molecule has 7 heteroatoms. The molecule has 0 aliphatic heterocycles. The SMILES string of the molecule is CCCCCCn1c(=N)c(C(=O)NC(C)c2ccccc2)cc2c(=O)n3cccc(C)c3nc21. The van der Waals surface area contributed by atoms with Gasteiger partial charge in [0.1, 0.15) is 16.8 Å². The summed E-state index contributed by atoms with van der Waals surface area (Å²) >= 11 is 0. The summed E-state index contributed by atoms with van der Waals surface area (Å²) in [5.41, 5.74) is 2.88. The van der Waals surface area contributed by atoms with Crippen molar-refractivity contribution < 1.29 is 4.79 Å². The molecule has 0 saturated heterocycles. The van der Waals surface area contributed by atoms with Crippen LogP contribution in [0.5, 0.6) is 0 Å². The Morgan fingerprint density at radius 1 is 1.09 bits per heavy atom. The minimum atomic E-state index is -0.376. The number of carbonyl (C=O) groups is 1. The van der Waals surface area contributed by atoms with E-state index >= 15 is 0 Å². The first-order chi connectivity index (χ1) is 16.4. The van der Waals surface area contributed by atoms with Gasteiger partial charge in [0.05, 0.1) is 17.0 Å². The van der Waals surface area contributed by atoms with Gasteiger partial charge in [0.25, 0.3) is 11.5 Å². The molecule has 0 aliphatic rings. The quantitative estimate of drug-likeness (QED) is 0.301. The number of aromatic nitrogens is 3. The molecule has 2 N–H and O–H groups in total. The molecule has 1 unspecified atom stereocenters. The Balaban J connectivity index is 1.85. The second-order valence-electron chi connectivity index (χ2n) is 8.76. The van der Waals surface area contributed by atoms with Crippen LogP contribution in [0, 0.1) is 12.3 Å². The zero-order valence-corrected chi connectivity index (χ0v) is 20.0. The van der Waals surface area contributed by atoms with E-state index in [1.165, 1.54) is 10.5 Å². The molecule has 0 saturated carbocycles. The van der Waals surface area contributed by atoms with Crippen LogP contribution in [0.2, 0.25) is 0 Å². The fraction of sp³-hybridized carbons (Fsp3) is 0.333. The highest BCUT2D eigenvalue weighted by molar-refractivity contribution is 5.97. The Bertz CT molecular complexity index is 1450. The lowest BCUT2D eigenvalue weighted by Gasteiger charge is -2.17. The van der Waals surface area contributed by atoms with Crippen molar-refractivity contribution >= 4 is 22.6 Å². The van der Waals surface area contributed by atoms with Gasteiger partial charge in [0.15, 0.2) is 0 Å². The van der Waals surface area contributed by atoms with Gasteiger partial charge in [-0.1, -0.05) is 62.6 Å². The molecule has 1 amide bonds. The Kier molecular flexibility index (Phi) is 6.91. The van der Waals surface area contributed by atoms with Crippen molar-refractivity contribution in [3.05, 3.63) is 87.3 Å². The third-order valence-electron chi connectivity index (χ3n) is 6.26. The predicted molar refractivity (Wildman–Crippen MR) is 134 cm³/mol. The summed E-state index contributed by atoms with van der Waals surface area (Å²) in [7, 11) is 0.